The van der Waals surface area contributed by atoms with Crippen molar-refractivity contribution in [2.24, 2.45) is 0 Å². The van der Waals surface area contributed by atoms with Gasteiger partial charge in [-0.15, -0.1) is 0 Å². The molecule has 1 fully saturated rings. The molecule has 1 aromatic rings. The number of benzene rings is 1. The van der Waals surface area contributed by atoms with Gasteiger partial charge in [-0.2, -0.15) is 0 Å². The third-order valence-electron chi connectivity index (χ3n) is 3.87. The van der Waals surface area contributed by atoms with Crippen LogP contribution in [0.1, 0.15) is 39.2 Å². The standard InChI is InChI=1S/C18H28N2O3/c1-13-11-15(22-5)8-9-16(13)19-14-7-6-10-20(12-14)17(21)23-18(2,3)4/h8-9,11,14,19H,6-7,10,12H2,1-5H3. The van der Waals surface area contributed by atoms with E-state index in [9.17, 15) is 4.79 Å². The van der Waals surface area contributed by atoms with Crippen molar-refractivity contribution in [1.82, 2.24) is 4.90 Å². The van der Waals surface area contributed by atoms with E-state index in [1.54, 1.807) is 12.0 Å². The van der Waals surface area contributed by atoms with Gasteiger partial charge in [0, 0.05) is 24.8 Å². The number of amides is 1. The number of anilines is 1. The second kappa shape index (κ2) is 7.11. The van der Waals surface area contributed by atoms with E-state index in [4.69, 9.17) is 9.47 Å². The van der Waals surface area contributed by atoms with E-state index < -0.39 is 5.60 Å². The average Bonchev–Trinajstić information content (AvgIpc) is 2.48. The van der Waals surface area contributed by atoms with Gasteiger partial charge in [-0.05, 0) is 64.3 Å². The molecule has 1 amide bonds. The summed E-state index contributed by atoms with van der Waals surface area (Å²) in [5.74, 6) is 0.854. The first kappa shape index (κ1) is 17.4. The number of hydrogen-bond donors (Lipinski definition) is 1. The zero-order valence-electron chi connectivity index (χ0n) is 14.8. The van der Waals surface area contributed by atoms with Crippen molar-refractivity contribution in [3.8, 4) is 5.75 Å². The molecule has 128 valence electrons. The van der Waals surface area contributed by atoms with Crippen molar-refractivity contribution in [3.05, 3.63) is 23.8 Å². The smallest absolute Gasteiger partial charge is 0.410 e. The summed E-state index contributed by atoms with van der Waals surface area (Å²) < 4.78 is 10.7. The molecule has 1 aliphatic heterocycles. The van der Waals surface area contributed by atoms with Crippen LogP contribution in [0.4, 0.5) is 10.5 Å². The summed E-state index contributed by atoms with van der Waals surface area (Å²) in [6.45, 7) is 9.16. The van der Waals surface area contributed by atoms with E-state index in [1.807, 2.05) is 39.0 Å². The predicted molar refractivity (Wildman–Crippen MR) is 92.2 cm³/mol. The number of carbonyl (C=O) groups is 1. The Balaban J connectivity index is 1.97. The van der Waals surface area contributed by atoms with Crippen LogP contribution < -0.4 is 10.1 Å². The number of aryl methyl sites for hydroxylation is 1. The topological polar surface area (TPSA) is 50.8 Å². The van der Waals surface area contributed by atoms with Gasteiger partial charge in [0.1, 0.15) is 11.4 Å². The highest BCUT2D eigenvalue weighted by Gasteiger charge is 2.27. The van der Waals surface area contributed by atoms with Crippen LogP contribution in [-0.4, -0.2) is 42.8 Å². The molecule has 1 saturated heterocycles. The molecule has 1 unspecified atom stereocenters. The summed E-state index contributed by atoms with van der Waals surface area (Å²) in [7, 11) is 1.67. The fraction of sp³-hybridized carbons (Fsp3) is 0.611. The molecule has 0 saturated carbocycles. The SMILES string of the molecule is COc1ccc(NC2CCCN(C(=O)OC(C)(C)C)C2)c(C)c1. The number of likely N-dealkylation sites (tertiary alicyclic amines) is 1. The molecule has 2 rings (SSSR count). The summed E-state index contributed by atoms with van der Waals surface area (Å²) in [6.07, 6.45) is 1.80. The molecular formula is C18H28N2O3. The van der Waals surface area contributed by atoms with Crippen molar-refractivity contribution in [3.63, 3.8) is 0 Å². The highest BCUT2D eigenvalue weighted by atomic mass is 16.6. The first-order valence-corrected chi connectivity index (χ1v) is 8.17. The molecule has 1 aromatic carbocycles. The Labute approximate surface area is 139 Å². The van der Waals surface area contributed by atoms with Crippen molar-refractivity contribution < 1.29 is 14.3 Å². The van der Waals surface area contributed by atoms with Gasteiger partial charge in [0.25, 0.3) is 0 Å². The van der Waals surface area contributed by atoms with E-state index in [0.29, 0.717) is 6.54 Å². The lowest BCUT2D eigenvalue weighted by atomic mass is 10.0. The fourth-order valence-electron chi connectivity index (χ4n) is 2.73. The zero-order chi connectivity index (χ0) is 17.0. The summed E-state index contributed by atoms with van der Waals surface area (Å²) in [4.78, 5) is 14.0. The number of nitrogens with zero attached hydrogens (tertiary/aromatic N) is 1. The number of methoxy groups -OCH3 is 1. The van der Waals surface area contributed by atoms with Crippen molar-refractivity contribution in [2.45, 2.75) is 52.2 Å². The number of hydrogen-bond acceptors (Lipinski definition) is 4. The Morgan fingerprint density at radius 2 is 2.09 bits per heavy atom. The first-order valence-electron chi connectivity index (χ1n) is 8.17. The monoisotopic (exact) mass is 320 g/mol. The molecule has 1 aliphatic rings. The largest absolute Gasteiger partial charge is 0.497 e. The first-order chi connectivity index (χ1) is 10.8. The Hall–Kier alpha value is -1.91. The lowest BCUT2D eigenvalue weighted by Gasteiger charge is -2.35. The predicted octanol–water partition coefficient (Wildman–Crippen LogP) is 3.82. The van der Waals surface area contributed by atoms with Crippen LogP contribution in [0.25, 0.3) is 0 Å². The number of rotatable bonds is 3. The molecule has 1 heterocycles. The minimum atomic E-state index is -0.454. The maximum absolute atomic E-state index is 12.2. The molecule has 0 radical (unpaired) electrons. The van der Waals surface area contributed by atoms with Crippen LogP contribution >= 0.6 is 0 Å². The van der Waals surface area contributed by atoms with E-state index in [2.05, 4.69) is 12.2 Å². The van der Waals surface area contributed by atoms with Crippen LogP contribution in [-0.2, 0) is 4.74 Å². The Morgan fingerprint density at radius 1 is 1.35 bits per heavy atom. The number of carbonyl (C=O) groups excluding carboxylic acids is 1. The molecule has 0 spiro atoms. The molecule has 5 nitrogen and oxygen atoms in total. The van der Waals surface area contributed by atoms with Gasteiger partial charge in [-0.3, -0.25) is 0 Å². The quantitative estimate of drug-likeness (QED) is 0.920. The highest BCUT2D eigenvalue weighted by Crippen LogP contribution is 2.24. The summed E-state index contributed by atoms with van der Waals surface area (Å²) in [6, 6.07) is 6.23. The maximum Gasteiger partial charge on any atom is 0.410 e. The van der Waals surface area contributed by atoms with Crippen LogP contribution in [0.5, 0.6) is 5.75 Å². The van der Waals surface area contributed by atoms with Gasteiger partial charge in [0.2, 0.25) is 0 Å². The molecule has 0 aromatic heterocycles. The van der Waals surface area contributed by atoms with E-state index >= 15 is 0 Å². The third kappa shape index (κ3) is 5.05. The Bertz CT molecular complexity index is 552. The van der Waals surface area contributed by atoms with Crippen LogP contribution in [0.15, 0.2) is 18.2 Å². The second-order valence-corrected chi connectivity index (χ2v) is 7.09. The zero-order valence-corrected chi connectivity index (χ0v) is 14.8. The van der Waals surface area contributed by atoms with Gasteiger partial charge in [0.15, 0.2) is 0 Å². The Morgan fingerprint density at radius 3 is 2.70 bits per heavy atom. The molecule has 1 atom stereocenters. The maximum atomic E-state index is 12.2. The van der Waals surface area contributed by atoms with Crippen molar-refractivity contribution in [2.75, 3.05) is 25.5 Å². The van der Waals surface area contributed by atoms with Crippen LogP contribution in [0.2, 0.25) is 0 Å². The molecule has 0 bridgehead atoms. The fourth-order valence-corrected chi connectivity index (χ4v) is 2.73. The summed E-state index contributed by atoms with van der Waals surface area (Å²) in [5, 5.41) is 3.54. The number of nitrogens with one attached hydrogen (secondary N) is 1. The number of ether oxygens (including phenoxy) is 2. The molecule has 1 N–H and O–H groups in total. The normalized spacial score (nSPS) is 18.5. The second-order valence-electron chi connectivity index (χ2n) is 7.09. The van der Waals surface area contributed by atoms with E-state index in [1.165, 1.54) is 0 Å². The molecular weight excluding hydrogens is 292 g/mol. The van der Waals surface area contributed by atoms with Gasteiger partial charge in [-0.1, -0.05) is 0 Å². The van der Waals surface area contributed by atoms with Gasteiger partial charge >= 0.3 is 6.09 Å². The van der Waals surface area contributed by atoms with Gasteiger partial charge < -0.3 is 19.7 Å². The third-order valence-corrected chi connectivity index (χ3v) is 3.87. The summed E-state index contributed by atoms with van der Waals surface area (Å²) in [5.41, 5.74) is 1.77. The Kier molecular flexibility index (Phi) is 5.39. The van der Waals surface area contributed by atoms with Crippen molar-refractivity contribution >= 4 is 11.8 Å². The lowest BCUT2D eigenvalue weighted by Crippen LogP contribution is -2.47. The lowest BCUT2D eigenvalue weighted by molar-refractivity contribution is 0.0206. The average molecular weight is 320 g/mol. The summed E-state index contributed by atoms with van der Waals surface area (Å²) >= 11 is 0. The van der Waals surface area contributed by atoms with E-state index in [-0.39, 0.29) is 12.1 Å². The molecule has 23 heavy (non-hydrogen) atoms. The molecule has 0 aliphatic carbocycles. The van der Waals surface area contributed by atoms with E-state index in [0.717, 1.165) is 36.4 Å². The van der Waals surface area contributed by atoms with Gasteiger partial charge in [-0.25, -0.2) is 4.79 Å². The van der Waals surface area contributed by atoms with Crippen LogP contribution in [0.3, 0.4) is 0 Å². The van der Waals surface area contributed by atoms with Gasteiger partial charge in [0.05, 0.1) is 7.11 Å². The molecule has 5 heteroatoms. The number of piperidine rings is 1. The minimum Gasteiger partial charge on any atom is -0.497 e. The highest BCUT2D eigenvalue weighted by molar-refractivity contribution is 5.68. The minimum absolute atomic E-state index is 0.226. The van der Waals surface area contributed by atoms with Crippen LogP contribution in [0, 0.1) is 6.92 Å². The van der Waals surface area contributed by atoms with Crippen molar-refractivity contribution in [1.29, 1.82) is 0 Å².